The topological polar surface area (TPSA) is 63.1 Å². The quantitative estimate of drug-likeness (QED) is 0.666. The van der Waals surface area contributed by atoms with Gasteiger partial charge in [0.05, 0.1) is 11.3 Å². The van der Waals surface area contributed by atoms with Crippen molar-refractivity contribution in [2.45, 2.75) is 4.90 Å². The third-order valence-electron chi connectivity index (χ3n) is 2.74. The van der Waals surface area contributed by atoms with Crippen LogP contribution in [0.4, 0.5) is 5.69 Å². The van der Waals surface area contributed by atoms with Crippen LogP contribution < -0.4 is 16.4 Å². The molecule has 2 rings (SSSR count). The maximum Gasteiger partial charge on any atom is 0.271 e. The summed E-state index contributed by atoms with van der Waals surface area (Å²) in [6.07, 6.45) is 3.49. The highest BCUT2D eigenvalue weighted by Crippen LogP contribution is 2.18. The number of aryl methyl sites for hydroxylation is 1. The molecule has 0 aliphatic heterocycles. The lowest BCUT2D eigenvalue weighted by Gasteiger charge is -2.09. The van der Waals surface area contributed by atoms with Gasteiger partial charge in [-0.25, -0.2) is 0 Å². The van der Waals surface area contributed by atoms with Gasteiger partial charge >= 0.3 is 0 Å². The van der Waals surface area contributed by atoms with Gasteiger partial charge in [0.1, 0.15) is 0 Å². The van der Waals surface area contributed by atoms with E-state index in [4.69, 9.17) is 0 Å². The Morgan fingerprint density at radius 3 is 2.75 bits per heavy atom. The number of nitrogens with one attached hydrogen (secondary N) is 2. The van der Waals surface area contributed by atoms with Gasteiger partial charge in [-0.1, -0.05) is 6.07 Å². The molecule has 0 unspecified atom stereocenters. The van der Waals surface area contributed by atoms with Gasteiger partial charge in [-0.2, -0.15) is 0 Å². The fourth-order valence-electron chi connectivity index (χ4n) is 1.63. The molecular formula is C14H15N3O2S. The number of hydrogen-bond acceptors (Lipinski definition) is 4. The van der Waals surface area contributed by atoms with E-state index in [2.05, 4.69) is 10.9 Å². The normalized spacial score (nSPS) is 10.1. The van der Waals surface area contributed by atoms with Gasteiger partial charge in [0.25, 0.3) is 5.91 Å². The lowest BCUT2D eigenvalue weighted by molar-refractivity contribution is 0.0962. The number of benzene rings is 1. The molecule has 0 fully saturated rings. The van der Waals surface area contributed by atoms with Crippen LogP contribution in [0.5, 0.6) is 0 Å². The Hall–Kier alpha value is -2.21. The molecule has 0 atom stereocenters. The number of amides is 1. The molecule has 2 N–H and O–H groups in total. The predicted octanol–water partition coefficient (Wildman–Crippen LogP) is 1.86. The number of thioether (sulfide) groups is 1. The molecule has 1 aromatic carbocycles. The minimum Gasteiger partial charge on any atom is -0.318 e. The molecule has 6 heteroatoms. The Kier molecular flexibility index (Phi) is 4.47. The minimum absolute atomic E-state index is 0.151. The standard InChI is InChI=1S/C14H15N3O2S/c1-17-9-10(6-7-13(17)18)14(19)16-15-11-4-3-5-12(8-11)20-2/h3-9,15H,1-2H3,(H,16,19). The maximum absolute atomic E-state index is 11.9. The molecule has 0 saturated heterocycles. The zero-order valence-electron chi connectivity index (χ0n) is 11.2. The van der Waals surface area contributed by atoms with Crippen LogP contribution in [-0.4, -0.2) is 16.7 Å². The molecule has 0 spiro atoms. The zero-order chi connectivity index (χ0) is 14.5. The smallest absolute Gasteiger partial charge is 0.271 e. The van der Waals surface area contributed by atoms with E-state index in [1.54, 1.807) is 18.8 Å². The molecule has 1 heterocycles. The lowest BCUT2D eigenvalue weighted by Crippen LogP contribution is -2.30. The van der Waals surface area contributed by atoms with Crippen LogP contribution in [0.15, 0.2) is 52.3 Å². The Bertz CT molecular complexity index is 682. The summed E-state index contributed by atoms with van der Waals surface area (Å²) < 4.78 is 1.36. The zero-order valence-corrected chi connectivity index (χ0v) is 12.0. The molecule has 0 saturated carbocycles. The van der Waals surface area contributed by atoms with E-state index in [0.717, 1.165) is 10.6 Å². The van der Waals surface area contributed by atoms with Gasteiger partial charge < -0.3 is 4.57 Å². The van der Waals surface area contributed by atoms with Gasteiger partial charge in [0.2, 0.25) is 5.56 Å². The number of hydrogen-bond donors (Lipinski definition) is 2. The first kappa shape index (κ1) is 14.2. The van der Waals surface area contributed by atoms with Crippen LogP contribution in [0.3, 0.4) is 0 Å². The second kappa shape index (κ2) is 6.29. The van der Waals surface area contributed by atoms with Gasteiger partial charge in [0.15, 0.2) is 0 Å². The Labute approximate surface area is 121 Å². The highest BCUT2D eigenvalue weighted by molar-refractivity contribution is 7.98. The highest BCUT2D eigenvalue weighted by atomic mass is 32.2. The van der Waals surface area contributed by atoms with Crippen LogP contribution in [0, 0.1) is 0 Å². The van der Waals surface area contributed by atoms with E-state index in [9.17, 15) is 9.59 Å². The molecule has 5 nitrogen and oxygen atoms in total. The first-order valence-electron chi connectivity index (χ1n) is 5.97. The monoisotopic (exact) mass is 289 g/mol. The fraction of sp³-hybridized carbons (Fsp3) is 0.143. The van der Waals surface area contributed by atoms with E-state index < -0.39 is 0 Å². The van der Waals surface area contributed by atoms with Gasteiger partial charge in [-0.3, -0.25) is 20.4 Å². The second-order valence-electron chi connectivity index (χ2n) is 4.18. The summed E-state index contributed by atoms with van der Waals surface area (Å²) in [6.45, 7) is 0. The van der Waals surface area contributed by atoms with Crippen LogP contribution >= 0.6 is 11.8 Å². The number of carbonyl (C=O) groups excluding carboxylic acids is 1. The minimum atomic E-state index is -0.296. The summed E-state index contributed by atoms with van der Waals surface area (Å²) in [5, 5.41) is 0. The summed E-state index contributed by atoms with van der Waals surface area (Å²) in [4.78, 5) is 24.3. The summed E-state index contributed by atoms with van der Waals surface area (Å²) in [7, 11) is 1.61. The number of nitrogens with zero attached hydrogens (tertiary/aromatic N) is 1. The molecule has 1 amide bonds. The van der Waals surface area contributed by atoms with Crippen LogP contribution in [0.25, 0.3) is 0 Å². The van der Waals surface area contributed by atoms with Crippen LogP contribution in [0.2, 0.25) is 0 Å². The van der Waals surface area contributed by atoms with E-state index in [0.29, 0.717) is 5.56 Å². The molecule has 2 aromatic rings. The number of rotatable bonds is 4. The van der Waals surface area contributed by atoms with Crippen molar-refractivity contribution in [3.63, 3.8) is 0 Å². The summed E-state index contributed by atoms with van der Waals surface area (Å²) in [5.74, 6) is -0.296. The summed E-state index contributed by atoms with van der Waals surface area (Å²) in [6, 6.07) is 10.6. The SMILES string of the molecule is CSc1cccc(NNC(=O)c2ccc(=O)n(C)c2)c1. The van der Waals surface area contributed by atoms with E-state index >= 15 is 0 Å². The van der Waals surface area contributed by atoms with Gasteiger partial charge in [-0.15, -0.1) is 11.8 Å². The average Bonchev–Trinajstić information content (AvgIpc) is 2.47. The van der Waals surface area contributed by atoms with Crippen molar-refractivity contribution in [2.75, 3.05) is 11.7 Å². The Morgan fingerprint density at radius 2 is 2.05 bits per heavy atom. The molecule has 104 valence electrons. The number of pyridine rings is 1. The van der Waals surface area contributed by atoms with Gasteiger partial charge in [-0.05, 0) is 30.5 Å². The first-order valence-corrected chi connectivity index (χ1v) is 7.20. The highest BCUT2D eigenvalue weighted by Gasteiger charge is 2.06. The Morgan fingerprint density at radius 1 is 1.25 bits per heavy atom. The number of hydrazine groups is 1. The third-order valence-corrected chi connectivity index (χ3v) is 3.46. The van der Waals surface area contributed by atoms with Crippen molar-refractivity contribution in [3.05, 3.63) is 58.5 Å². The largest absolute Gasteiger partial charge is 0.318 e. The molecule has 1 aromatic heterocycles. The molecule has 20 heavy (non-hydrogen) atoms. The molecule has 0 aliphatic carbocycles. The van der Waals surface area contributed by atoms with E-state index in [1.165, 1.54) is 22.9 Å². The summed E-state index contributed by atoms with van der Waals surface area (Å²) in [5.41, 5.74) is 6.52. The van der Waals surface area contributed by atoms with Crippen LogP contribution in [-0.2, 0) is 7.05 Å². The average molecular weight is 289 g/mol. The van der Waals surface area contributed by atoms with Gasteiger partial charge in [0, 0.05) is 24.2 Å². The maximum atomic E-state index is 11.9. The molecule has 0 bridgehead atoms. The predicted molar refractivity (Wildman–Crippen MR) is 81.0 cm³/mol. The van der Waals surface area contributed by atoms with Crippen molar-refractivity contribution >= 4 is 23.4 Å². The first-order chi connectivity index (χ1) is 9.60. The summed E-state index contributed by atoms with van der Waals surface area (Å²) >= 11 is 1.63. The Balaban J connectivity index is 2.04. The van der Waals surface area contributed by atoms with Crippen molar-refractivity contribution in [1.29, 1.82) is 0 Å². The van der Waals surface area contributed by atoms with E-state index in [1.807, 2.05) is 30.5 Å². The molecule has 0 radical (unpaired) electrons. The third kappa shape index (κ3) is 3.42. The lowest BCUT2D eigenvalue weighted by atomic mass is 10.3. The van der Waals surface area contributed by atoms with Crippen molar-refractivity contribution in [1.82, 2.24) is 9.99 Å². The van der Waals surface area contributed by atoms with Crippen molar-refractivity contribution < 1.29 is 4.79 Å². The van der Waals surface area contributed by atoms with Crippen molar-refractivity contribution in [3.8, 4) is 0 Å². The number of anilines is 1. The van der Waals surface area contributed by atoms with Crippen LogP contribution in [0.1, 0.15) is 10.4 Å². The second-order valence-corrected chi connectivity index (χ2v) is 5.06. The van der Waals surface area contributed by atoms with Crippen molar-refractivity contribution in [2.24, 2.45) is 7.05 Å². The molecule has 0 aliphatic rings. The number of carbonyl (C=O) groups is 1. The van der Waals surface area contributed by atoms with E-state index in [-0.39, 0.29) is 11.5 Å². The fourth-order valence-corrected chi connectivity index (χ4v) is 2.09. The number of aromatic nitrogens is 1. The molecular weight excluding hydrogens is 274 g/mol.